The fraction of sp³-hybridized carbons (Fsp3) is 0.333. The Morgan fingerprint density at radius 3 is 3.27 bits per heavy atom. The maximum absolute atomic E-state index is 5.49. The molecule has 0 radical (unpaired) electrons. The zero-order valence-corrected chi connectivity index (χ0v) is 6.23. The molecule has 58 valence electrons. The summed E-state index contributed by atoms with van der Waals surface area (Å²) in [6.07, 6.45) is 3.42. The minimum Gasteiger partial charge on any atom is -0.382 e. The third-order valence-electron chi connectivity index (χ3n) is 1.62. The third kappa shape index (κ3) is 0.894. The largest absolute Gasteiger partial charge is 0.382 e. The van der Waals surface area contributed by atoms with E-state index >= 15 is 0 Å². The summed E-state index contributed by atoms with van der Waals surface area (Å²) in [5.74, 6) is 1.36. The summed E-state index contributed by atoms with van der Waals surface area (Å²) in [7, 11) is 1.94. The monoisotopic (exact) mass is 151 g/mol. The Hall–Kier alpha value is -1.36. The van der Waals surface area contributed by atoms with Gasteiger partial charge in [0.2, 0.25) is 0 Å². The van der Waals surface area contributed by atoms with Gasteiger partial charge in [0.25, 0.3) is 0 Å². The van der Waals surface area contributed by atoms with E-state index < -0.39 is 0 Å². The van der Waals surface area contributed by atoms with Gasteiger partial charge in [-0.3, -0.25) is 5.01 Å². The molecule has 0 aromatic carbocycles. The molecule has 2 aliphatic rings. The van der Waals surface area contributed by atoms with Crippen molar-refractivity contribution in [2.75, 3.05) is 13.7 Å². The van der Waals surface area contributed by atoms with Gasteiger partial charge in [-0.1, -0.05) is 0 Å². The molecule has 0 aliphatic carbocycles. The molecule has 2 aliphatic heterocycles. The summed E-state index contributed by atoms with van der Waals surface area (Å²) in [5.41, 5.74) is 5.49. The van der Waals surface area contributed by atoms with Gasteiger partial charge in [-0.05, 0) is 0 Å². The van der Waals surface area contributed by atoms with Crippen molar-refractivity contribution in [2.45, 2.75) is 0 Å². The minimum absolute atomic E-state index is 0.512. The van der Waals surface area contributed by atoms with Gasteiger partial charge in [-0.25, -0.2) is 9.98 Å². The third-order valence-corrected chi connectivity index (χ3v) is 1.62. The zero-order valence-electron chi connectivity index (χ0n) is 6.23. The van der Waals surface area contributed by atoms with Crippen molar-refractivity contribution >= 4 is 12.1 Å². The van der Waals surface area contributed by atoms with Crippen LogP contribution in [-0.2, 0) is 0 Å². The summed E-state index contributed by atoms with van der Waals surface area (Å²) in [5, 5.41) is 3.83. The SMILES string of the molecule is CN1CN=C2C=NC(N)=CN21. The van der Waals surface area contributed by atoms with Crippen molar-refractivity contribution in [3.05, 3.63) is 12.0 Å². The molecule has 0 unspecified atom stereocenters. The van der Waals surface area contributed by atoms with Crippen molar-refractivity contribution in [3.63, 3.8) is 0 Å². The Morgan fingerprint density at radius 2 is 2.45 bits per heavy atom. The van der Waals surface area contributed by atoms with Crippen LogP contribution in [0.15, 0.2) is 22.0 Å². The quantitative estimate of drug-likeness (QED) is 0.500. The summed E-state index contributed by atoms with van der Waals surface area (Å²) < 4.78 is 0. The lowest BCUT2D eigenvalue weighted by Crippen LogP contribution is -2.37. The molecule has 0 saturated heterocycles. The van der Waals surface area contributed by atoms with Crippen LogP contribution in [-0.4, -0.2) is 35.8 Å². The Bertz CT molecular complexity index is 264. The second-order valence-electron chi connectivity index (χ2n) is 2.47. The minimum atomic E-state index is 0.512. The van der Waals surface area contributed by atoms with Gasteiger partial charge in [-0.2, -0.15) is 5.01 Å². The van der Waals surface area contributed by atoms with Crippen LogP contribution in [0.5, 0.6) is 0 Å². The van der Waals surface area contributed by atoms with Crippen LogP contribution in [0.25, 0.3) is 0 Å². The fourth-order valence-corrected chi connectivity index (χ4v) is 1.05. The lowest BCUT2D eigenvalue weighted by Gasteiger charge is -2.23. The molecule has 2 rings (SSSR count). The number of aliphatic imine (C=N–C) groups is 2. The van der Waals surface area contributed by atoms with Gasteiger partial charge in [-0.15, -0.1) is 0 Å². The molecule has 0 aromatic heterocycles. The van der Waals surface area contributed by atoms with Gasteiger partial charge in [0.05, 0.1) is 12.4 Å². The maximum atomic E-state index is 5.49. The number of hydrogen-bond acceptors (Lipinski definition) is 5. The topological polar surface area (TPSA) is 57.2 Å². The molecule has 0 aromatic rings. The second kappa shape index (κ2) is 2.06. The molecule has 0 spiro atoms. The molecule has 5 heteroatoms. The van der Waals surface area contributed by atoms with E-state index in [4.69, 9.17) is 5.73 Å². The van der Waals surface area contributed by atoms with Crippen LogP contribution in [0.3, 0.4) is 0 Å². The van der Waals surface area contributed by atoms with Crippen molar-refractivity contribution in [2.24, 2.45) is 15.7 Å². The normalized spacial score (nSPS) is 23.2. The number of amidine groups is 1. The highest BCUT2D eigenvalue weighted by atomic mass is 15.7. The number of nitrogens with zero attached hydrogens (tertiary/aromatic N) is 4. The first-order valence-electron chi connectivity index (χ1n) is 3.33. The predicted octanol–water partition coefficient (Wildman–Crippen LogP) is -0.653. The average Bonchev–Trinajstić information content (AvgIpc) is 2.33. The Labute approximate surface area is 64.5 Å². The van der Waals surface area contributed by atoms with Gasteiger partial charge < -0.3 is 5.73 Å². The van der Waals surface area contributed by atoms with Gasteiger partial charge >= 0.3 is 0 Å². The lowest BCUT2D eigenvalue weighted by atomic mass is 10.5. The number of rotatable bonds is 0. The Kier molecular flexibility index (Phi) is 1.19. The molecular formula is C6H9N5. The molecule has 5 nitrogen and oxygen atoms in total. The van der Waals surface area contributed by atoms with E-state index in [1.54, 1.807) is 12.4 Å². The van der Waals surface area contributed by atoms with Crippen LogP contribution in [0, 0.1) is 0 Å². The number of nitrogens with two attached hydrogens (primary N) is 1. The number of hydrogen-bond donors (Lipinski definition) is 1. The van der Waals surface area contributed by atoms with E-state index in [2.05, 4.69) is 9.98 Å². The van der Waals surface area contributed by atoms with Crippen LogP contribution < -0.4 is 5.73 Å². The van der Waals surface area contributed by atoms with Gasteiger partial charge in [0, 0.05) is 7.05 Å². The van der Waals surface area contributed by atoms with E-state index in [9.17, 15) is 0 Å². The first-order valence-corrected chi connectivity index (χ1v) is 3.33. The van der Waals surface area contributed by atoms with Crippen molar-refractivity contribution < 1.29 is 0 Å². The molecule has 2 N–H and O–H groups in total. The fourth-order valence-electron chi connectivity index (χ4n) is 1.05. The lowest BCUT2D eigenvalue weighted by molar-refractivity contribution is 0.159. The maximum Gasteiger partial charge on any atom is 0.162 e. The van der Waals surface area contributed by atoms with E-state index in [1.807, 2.05) is 17.1 Å². The van der Waals surface area contributed by atoms with E-state index in [0.717, 1.165) is 5.84 Å². The van der Waals surface area contributed by atoms with E-state index in [0.29, 0.717) is 12.5 Å². The highest BCUT2D eigenvalue weighted by Gasteiger charge is 2.21. The van der Waals surface area contributed by atoms with Crippen LogP contribution >= 0.6 is 0 Å². The van der Waals surface area contributed by atoms with Gasteiger partial charge in [0.15, 0.2) is 5.84 Å². The Balaban J connectivity index is 2.32. The zero-order chi connectivity index (χ0) is 7.84. The predicted molar refractivity (Wildman–Crippen MR) is 42.7 cm³/mol. The highest BCUT2D eigenvalue weighted by molar-refractivity contribution is 6.30. The standard InChI is InChI=1S/C6H9N5/c1-10-4-9-6-2-8-5(7)3-11(6)10/h2-3H,4,7H2,1H3. The summed E-state index contributed by atoms with van der Waals surface area (Å²) in [6, 6.07) is 0. The summed E-state index contributed by atoms with van der Waals surface area (Å²) in [4.78, 5) is 8.11. The van der Waals surface area contributed by atoms with Crippen LogP contribution in [0.1, 0.15) is 0 Å². The summed E-state index contributed by atoms with van der Waals surface area (Å²) >= 11 is 0. The smallest absolute Gasteiger partial charge is 0.162 e. The molecule has 11 heavy (non-hydrogen) atoms. The molecule has 0 saturated carbocycles. The Morgan fingerprint density at radius 1 is 1.64 bits per heavy atom. The summed E-state index contributed by atoms with van der Waals surface area (Å²) in [6.45, 7) is 0.672. The van der Waals surface area contributed by atoms with Gasteiger partial charge in [0.1, 0.15) is 12.5 Å². The average molecular weight is 151 g/mol. The molecule has 0 fully saturated rings. The first kappa shape index (κ1) is 6.36. The number of hydrazine groups is 1. The molecule has 0 bridgehead atoms. The second-order valence-corrected chi connectivity index (χ2v) is 2.47. The van der Waals surface area contributed by atoms with Crippen molar-refractivity contribution in [1.82, 2.24) is 10.0 Å². The molecule has 0 amide bonds. The van der Waals surface area contributed by atoms with Crippen molar-refractivity contribution in [1.29, 1.82) is 0 Å². The molecule has 2 heterocycles. The van der Waals surface area contributed by atoms with Crippen LogP contribution in [0.2, 0.25) is 0 Å². The van der Waals surface area contributed by atoms with Crippen LogP contribution in [0.4, 0.5) is 0 Å². The molecule has 0 atom stereocenters. The first-order chi connectivity index (χ1) is 5.27. The van der Waals surface area contributed by atoms with Crippen molar-refractivity contribution in [3.8, 4) is 0 Å². The van der Waals surface area contributed by atoms with E-state index in [1.165, 1.54) is 0 Å². The number of fused-ring (bicyclic) bond motifs is 1. The highest BCUT2D eigenvalue weighted by Crippen LogP contribution is 2.10. The van der Waals surface area contributed by atoms with E-state index in [-0.39, 0.29) is 0 Å². The molecular weight excluding hydrogens is 142 g/mol.